The van der Waals surface area contributed by atoms with E-state index < -0.39 is 12.9 Å². The fraction of sp³-hybridized carbons (Fsp3) is 0.424. The monoisotopic (exact) mass is 612 g/mol. The van der Waals surface area contributed by atoms with Crippen molar-refractivity contribution in [2.45, 2.75) is 70.5 Å². The van der Waals surface area contributed by atoms with Crippen LogP contribution in [0.2, 0.25) is 0 Å². The molecule has 11 nitrogen and oxygen atoms in total. The van der Waals surface area contributed by atoms with Crippen molar-refractivity contribution in [1.82, 2.24) is 44.0 Å². The van der Waals surface area contributed by atoms with Crippen LogP contribution < -0.4 is 11.0 Å². The van der Waals surface area contributed by atoms with Crippen molar-refractivity contribution in [2.24, 2.45) is 19.9 Å². The van der Waals surface area contributed by atoms with Gasteiger partial charge in [0, 0.05) is 59.3 Å². The van der Waals surface area contributed by atoms with Crippen LogP contribution in [0.3, 0.4) is 0 Å². The third-order valence-electron chi connectivity index (χ3n) is 9.83. The maximum Gasteiger partial charge on any atom is 0.329 e. The number of hydrogen-bond acceptors (Lipinski definition) is 5. The Morgan fingerprint density at radius 2 is 2.00 bits per heavy atom. The number of benzene rings is 1. The Morgan fingerprint density at radius 1 is 1.20 bits per heavy atom. The van der Waals surface area contributed by atoms with Crippen LogP contribution in [0.15, 0.2) is 41.6 Å². The number of aromatic nitrogens is 8. The number of pyridine rings is 1. The van der Waals surface area contributed by atoms with Crippen molar-refractivity contribution >= 4 is 38.9 Å². The SMILES string of the molecule is [2H]C([2H])([2H])n1ncc2cc(-c3c(-c4cn(CC)nc4F)[nH]c4ncc5c(c34)n(C3CCC(C)(NC(=O)C4CC4)CC3)c(=O)n5C)ccc21. The lowest BCUT2D eigenvalue weighted by molar-refractivity contribution is -0.124. The molecule has 2 saturated carbocycles. The van der Waals surface area contributed by atoms with Crippen LogP contribution in [-0.4, -0.2) is 50.1 Å². The number of H-pyrrole nitrogens is 1. The van der Waals surface area contributed by atoms with Gasteiger partial charge in [-0.05, 0) is 70.1 Å². The summed E-state index contributed by atoms with van der Waals surface area (Å²) in [5, 5.41) is 12.7. The van der Waals surface area contributed by atoms with Crippen molar-refractivity contribution in [3.8, 4) is 22.4 Å². The van der Waals surface area contributed by atoms with E-state index in [1.54, 1.807) is 36.1 Å². The molecule has 8 rings (SSSR count). The van der Waals surface area contributed by atoms with E-state index in [0.29, 0.717) is 69.2 Å². The van der Waals surface area contributed by atoms with E-state index in [2.05, 4.69) is 27.4 Å². The Hall–Kier alpha value is -4.74. The Balaban J connectivity index is 1.34. The highest BCUT2D eigenvalue weighted by molar-refractivity contribution is 6.14. The first-order valence-corrected chi connectivity index (χ1v) is 15.5. The van der Waals surface area contributed by atoms with Gasteiger partial charge in [0.1, 0.15) is 5.65 Å². The van der Waals surface area contributed by atoms with Crippen LogP contribution in [0.25, 0.3) is 55.4 Å². The number of fused-ring (bicyclic) bond motifs is 4. The van der Waals surface area contributed by atoms with Crippen molar-refractivity contribution in [3.63, 3.8) is 0 Å². The van der Waals surface area contributed by atoms with Crippen LogP contribution in [0.5, 0.6) is 0 Å². The molecule has 0 atom stereocenters. The topological polar surface area (TPSA) is 120 Å². The summed E-state index contributed by atoms with van der Waals surface area (Å²) in [6.07, 6.45) is 9.53. The van der Waals surface area contributed by atoms with E-state index in [1.165, 1.54) is 10.9 Å². The molecule has 2 fully saturated rings. The number of rotatable bonds is 6. The molecule has 2 aliphatic carbocycles. The zero-order valence-electron chi connectivity index (χ0n) is 28.4. The number of nitrogens with one attached hydrogen (secondary N) is 2. The van der Waals surface area contributed by atoms with Gasteiger partial charge < -0.3 is 10.3 Å². The number of nitrogens with zero attached hydrogens (tertiary/aromatic N) is 7. The second-order valence-electron chi connectivity index (χ2n) is 12.9. The van der Waals surface area contributed by atoms with Gasteiger partial charge in [-0.2, -0.15) is 9.49 Å². The Bertz CT molecular complexity index is 2310. The zero-order chi connectivity index (χ0) is 33.7. The van der Waals surface area contributed by atoms with Gasteiger partial charge in [-0.15, -0.1) is 5.10 Å². The number of amides is 1. The van der Waals surface area contributed by atoms with Crippen LogP contribution in [0.4, 0.5) is 4.39 Å². The van der Waals surface area contributed by atoms with E-state index in [4.69, 9.17) is 9.10 Å². The smallest absolute Gasteiger partial charge is 0.329 e. The normalized spacial score (nSPS) is 21.8. The third kappa shape index (κ3) is 4.32. The molecule has 1 aromatic carbocycles. The lowest BCUT2D eigenvalue weighted by Gasteiger charge is -2.38. The standard InChI is InChI=1S/C33H36FN9O2/c1-5-42-17-22(29(34)39-42)27-25(19-8-9-23-20(14-19)15-36-41(23)4)26-28-24(16-35-30(26)37-27)40(3)32(45)43(28)21-10-12-33(2,13-11-21)38-31(44)18-6-7-18/h8-9,14-18,21H,5-7,10-13H2,1-4H3,(H,35,37)(H,38,44)/i4D3. The summed E-state index contributed by atoms with van der Waals surface area (Å²) in [6.45, 7) is 1.97. The third-order valence-corrected chi connectivity index (χ3v) is 9.83. The van der Waals surface area contributed by atoms with Crippen LogP contribution in [0, 0.1) is 11.9 Å². The fourth-order valence-corrected chi connectivity index (χ4v) is 7.09. The second-order valence-corrected chi connectivity index (χ2v) is 12.9. The lowest BCUT2D eigenvalue weighted by atomic mass is 9.80. The van der Waals surface area contributed by atoms with Gasteiger partial charge >= 0.3 is 5.69 Å². The molecule has 5 aromatic heterocycles. The maximum atomic E-state index is 15.5. The van der Waals surface area contributed by atoms with Gasteiger partial charge in [0.15, 0.2) is 0 Å². The highest BCUT2D eigenvalue weighted by Crippen LogP contribution is 2.44. The number of aryl methyl sites for hydroxylation is 3. The molecule has 6 aromatic rings. The van der Waals surface area contributed by atoms with Gasteiger partial charge in [0.05, 0.1) is 45.6 Å². The predicted octanol–water partition coefficient (Wildman–Crippen LogP) is 5.19. The summed E-state index contributed by atoms with van der Waals surface area (Å²) in [7, 11) is 1.73. The Labute approximate surface area is 262 Å². The summed E-state index contributed by atoms with van der Waals surface area (Å²) in [5.41, 5.74) is 3.72. The predicted molar refractivity (Wildman–Crippen MR) is 170 cm³/mol. The Morgan fingerprint density at radius 3 is 2.71 bits per heavy atom. The molecule has 2 N–H and O–H groups in total. The van der Waals surface area contributed by atoms with Crippen molar-refractivity contribution in [1.29, 1.82) is 0 Å². The highest BCUT2D eigenvalue weighted by atomic mass is 19.1. The molecule has 0 unspecified atom stereocenters. The van der Waals surface area contributed by atoms with Gasteiger partial charge in [-0.3, -0.25) is 23.3 Å². The van der Waals surface area contributed by atoms with Gasteiger partial charge in [-0.25, -0.2) is 9.78 Å². The molecule has 0 aliphatic heterocycles. The lowest BCUT2D eigenvalue weighted by Crippen LogP contribution is -2.49. The molecule has 0 spiro atoms. The van der Waals surface area contributed by atoms with E-state index in [1.807, 2.05) is 17.6 Å². The molecular formula is C33H36FN9O2. The van der Waals surface area contributed by atoms with Crippen molar-refractivity contribution < 1.29 is 13.3 Å². The molecule has 12 heteroatoms. The average molecular weight is 613 g/mol. The first-order valence-electron chi connectivity index (χ1n) is 17.0. The number of hydrogen-bond donors (Lipinski definition) is 2. The number of aromatic amines is 1. The molecule has 0 saturated heterocycles. The summed E-state index contributed by atoms with van der Waals surface area (Å²) >= 11 is 0. The van der Waals surface area contributed by atoms with Crippen LogP contribution >= 0.6 is 0 Å². The number of imidazole rings is 1. The summed E-state index contributed by atoms with van der Waals surface area (Å²) in [5.74, 6) is -0.406. The summed E-state index contributed by atoms with van der Waals surface area (Å²) in [6, 6.07) is 5.18. The quantitative estimate of drug-likeness (QED) is 0.268. The van der Waals surface area contributed by atoms with E-state index >= 15 is 4.39 Å². The largest absolute Gasteiger partial charge is 0.351 e. The van der Waals surface area contributed by atoms with Crippen LogP contribution in [-0.2, 0) is 25.4 Å². The van der Waals surface area contributed by atoms with Crippen molar-refractivity contribution in [2.75, 3.05) is 0 Å². The first kappa shape index (κ1) is 24.6. The van der Waals surface area contributed by atoms with Gasteiger partial charge in [0.2, 0.25) is 11.9 Å². The molecular weight excluding hydrogens is 573 g/mol. The fourth-order valence-electron chi connectivity index (χ4n) is 7.09. The minimum Gasteiger partial charge on any atom is -0.351 e. The second kappa shape index (κ2) is 9.88. The minimum absolute atomic E-state index is 0.121. The zero-order valence-corrected chi connectivity index (χ0v) is 25.4. The maximum absolute atomic E-state index is 15.5. The van der Waals surface area contributed by atoms with Gasteiger partial charge in [-0.1, -0.05) is 6.07 Å². The average Bonchev–Trinajstić information content (AvgIpc) is 3.42. The first-order chi connectivity index (χ1) is 22.9. The number of carbonyl (C=O) groups is 1. The van der Waals surface area contributed by atoms with Crippen LogP contribution in [0.1, 0.15) is 62.5 Å². The Kier molecular flexibility index (Phi) is 5.39. The number of carbonyl (C=O) groups excluding carboxylic acids is 1. The molecule has 5 heterocycles. The highest BCUT2D eigenvalue weighted by Gasteiger charge is 2.39. The molecule has 0 bridgehead atoms. The van der Waals surface area contributed by atoms with E-state index in [0.717, 1.165) is 30.4 Å². The summed E-state index contributed by atoms with van der Waals surface area (Å²) in [4.78, 5) is 34.7. The van der Waals surface area contributed by atoms with E-state index in [-0.39, 0.29) is 34.7 Å². The molecule has 0 radical (unpaired) electrons. The van der Waals surface area contributed by atoms with Crippen molar-refractivity contribution in [3.05, 3.63) is 53.2 Å². The van der Waals surface area contributed by atoms with Gasteiger partial charge in [0.25, 0.3) is 0 Å². The molecule has 2 aliphatic rings. The van der Waals surface area contributed by atoms with E-state index in [9.17, 15) is 9.59 Å². The molecule has 1 amide bonds. The summed E-state index contributed by atoms with van der Waals surface area (Å²) < 4.78 is 45.2. The molecule has 232 valence electrons. The molecule has 45 heavy (non-hydrogen) atoms. The number of halogens is 1. The minimum atomic E-state index is -2.46.